The number of piperazine rings is 1. The van der Waals surface area contributed by atoms with E-state index in [-0.39, 0.29) is 10.5 Å². The van der Waals surface area contributed by atoms with Gasteiger partial charge in [0.15, 0.2) is 5.76 Å². The van der Waals surface area contributed by atoms with Crippen LogP contribution >= 0.6 is 0 Å². The van der Waals surface area contributed by atoms with E-state index >= 15 is 0 Å². The predicted octanol–water partition coefficient (Wildman–Crippen LogP) is 1.92. The van der Waals surface area contributed by atoms with Gasteiger partial charge in [0.1, 0.15) is 10.6 Å². The Morgan fingerprint density at radius 1 is 1.13 bits per heavy atom. The summed E-state index contributed by atoms with van der Waals surface area (Å²) in [6.45, 7) is 5.82. The van der Waals surface area contributed by atoms with E-state index in [1.807, 2.05) is 18.2 Å². The fourth-order valence-electron chi connectivity index (χ4n) is 4.21. The summed E-state index contributed by atoms with van der Waals surface area (Å²) in [5.74, 6) is 0.919. The molecule has 0 spiro atoms. The van der Waals surface area contributed by atoms with Crippen molar-refractivity contribution in [1.82, 2.24) is 19.0 Å². The molecule has 164 valence electrons. The van der Waals surface area contributed by atoms with E-state index in [0.29, 0.717) is 54.5 Å². The van der Waals surface area contributed by atoms with E-state index < -0.39 is 10.0 Å². The first-order valence-electron chi connectivity index (χ1n) is 10.5. The predicted molar refractivity (Wildman–Crippen MR) is 116 cm³/mol. The van der Waals surface area contributed by atoms with E-state index in [4.69, 9.17) is 4.52 Å². The highest BCUT2D eigenvalue weighted by molar-refractivity contribution is 7.89. The van der Waals surface area contributed by atoms with E-state index in [2.05, 4.69) is 15.0 Å². The number of hydrogen-bond donors (Lipinski definition) is 0. The highest BCUT2D eigenvalue weighted by Crippen LogP contribution is 2.30. The number of nitrogens with zero attached hydrogens (tertiary/aromatic N) is 5. The molecule has 3 heterocycles. The van der Waals surface area contributed by atoms with Crippen LogP contribution in [0.4, 0.5) is 5.69 Å². The Hall–Kier alpha value is -2.72. The van der Waals surface area contributed by atoms with Crippen molar-refractivity contribution in [3.8, 4) is 0 Å². The molecule has 1 aromatic carbocycles. The van der Waals surface area contributed by atoms with Gasteiger partial charge in [0.05, 0.1) is 17.2 Å². The summed E-state index contributed by atoms with van der Waals surface area (Å²) in [4.78, 5) is 19.5. The zero-order valence-electron chi connectivity index (χ0n) is 17.6. The second kappa shape index (κ2) is 7.45. The molecule has 0 unspecified atom stereocenters. The maximum Gasteiger partial charge on any atom is 0.261 e. The van der Waals surface area contributed by atoms with Gasteiger partial charge >= 0.3 is 0 Å². The lowest BCUT2D eigenvalue weighted by Crippen LogP contribution is -2.48. The van der Waals surface area contributed by atoms with E-state index in [9.17, 15) is 13.2 Å². The monoisotopic (exact) mass is 443 g/mol. The molecule has 31 heavy (non-hydrogen) atoms. The number of anilines is 1. The minimum Gasteiger partial charge on any atom is -0.369 e. The van der Waals surface area contributed by atoms with Crippen LogP contribution in [-0.4, -0.2) is 53.6 Å². The summed E-state index contributed by atoms with van der Waals surface area (Å²) in [6, 6.07) is 5.67. The summed E-state index contributed by atoms with van der Waals surface area (Å²) < 4.78 is 34.3. The second-order valence-corrected chi connectivity index (χ2v) is 10.3. The molecule has 3 aromatic rings. The number of benzene rings is 1. The van der Waals surface area contributed by atoms with Gasteiger partial charge in [0.2, 0.25) is 10.0 Å². The number of fused-ring (bicyclic) bond motifs is 1. The van der Waals surface area contributed by atoms with Crippen molar-refractivity contribution in [3.63, 3.8) is 0 Å². The highest BCUT2D eigenvalue weighted by Gasteiger charge is 2.33. The smallest absolute Gasteiger partial charge is 0.261 e. The largest absolute Gasteiger partial charge is 0.369 e. The van der Waals surface area contributed by atoms with Gasteiger partial charge in [0.25, 0.3) is 5.56 Å². The van der Waals surface area contributed by atoms with Crippen LogP contribution in [0.1, 0.15) is 24.3 Å². The third kappa shape index (κ3) is 3.63. The zero-order valence-corrected chi connectivity index (χ0v) is 18.4. The molecule has 2 aliphatic rings. The van der Waals surface area contributed by atoms with Gasteiger partial charge in [-0.3, -0.25) is 9.36 Å². The molecule has 1 saturated heterocycles. The summed E-state index contributed by atoms with van der Waals surface area (Å²) >= 11 is 0. The Morgan fingerprint density at radius 3 is 2.52 bits per heavy atom. The maximum atomic E-state index is 13.0. The fraction of sp³-hybridized carbons (Fsp3) is 0.476. The topological polar surface area (TPSA) is 102 Å². The fourth-order valence-corrected chi connectivity index (χ4v) is 5.92. The van der Waals surface area contributed by atoms with Crippen LogP contribution in [0.5, 0.6) is 0 Å². The molecule has 2 aromatic heterocycles. The molecule has 0 bridgehead atoms. The molecule has 10 heteroatoms. The van der Waals surface area contributed by atoms with Crippen LogP contribution in [0.15, 0.2) is 38.7 Å². The second-order valence-electron chi connectivity index (χ2n) is 8.39. The summed E-state index contributed by atoms with van der Waals surface area (Å²) in [6.07, 6.45) is 4.00. The molecule has 0 amide bonds. The molecule has 9 nitrogen and oxygen atoms in total. The Morgan fingerprint density at radius 2 is 1.87 bits per heavy atom. The first-order valence-corrected chi connectivity index (χ1v) is 12.0. The quantitative estimate of drug-likeness (QED) is 0.594. The van der Waals surface area contributed by atoms with Gasteiger partial charge in [-0.05, 0) is 50.8 Å². The van der Waals surface area contributed by atoms with E-state index in [1.54, 1.807) is 24.7 Å². The minimum absolute atomic E-state index is 0.00109. The highest BCUT2D eigenvalue weighted by atomic mass is 32.2. The summed E-state index contributed by atoms with van der Waals surface area (Å²) in [5.41, 5.74) is 1.99. The molecule has 1 saturated carbocycles. The van der Waals surface area contributed by atoms with Crippen LogP contribution in [0.2, 0.25) is 0 Å². The molecule has 5 rings (SSSR count). The molecular weight excluding hydrogens is 418 g/mol. The van der Waals surface area contributed by atoms with Crippen molar-refractivity contribution in [2.75, 3.05) is 31.1 Å². The van der Waals surface area contributed by atoms with Crippen LogP contribution in [0.25, 0.3) is 10.9 Å². The first kappa shape index (κ1) is 20.2. The van der Waals surface area contributed by atoms with Gasteiger partial charge in [0, 0.05) is 38.4 Å². The van der Waals surface area contributed by atoms with Gasteiger partial charge in [-0.2, -0.15) is 4.31 Å². The van der Waals surface area contributed by atoms with Gasteiger partial charge in [-0.25, -0.2) is 13.4 Å². The third-order valence-corrected chi connectivity index (χ3v) is 8.27. The minimum atomic E-state index is -3.64. The third-order valence-electron chi connectivity index (χ3n) is 6.13. The van der Waals surface area contributed by atoms with Crippen LogP contribution < -0.4 is 10.5 Å². The van der Waals surface area contributed by atoms with Crippen molar-refractivity contribution >= 4 is 26.6 Å². The lowest BCUT2D eigenvalue weighted by atomic mass is 10.2. The average molecular weight is 444 g/mol. The zero-order chi connectivity index (χ0) is 21.8. The van der Waals surface area contributed by atoms with Crippen molar-refractivity contribution in [3.05, 3.63) is 46.3 Å². The molecule has 0 atom stereocenters. The maximum absolute atomic E-state index is 13.0. The number of aryl methyl sites for hydroxylation is 2. The number of hydrogen-bond acceptors (Lipinski definition) is 7. The molecule has 0 N–H and O–H groups in total. The van der Waals surface area contributed by atoms with Crippen molar-refractivity contribution < 1.29 is 12.9 Å². The molecule has 1 aliphatic carbocycles. The molecular formula is C21H25N5O4S. The normalized spacial score (nSPS) is 18.1. The van der Waals surface area contributed by atoms with E-state index in [0.717, 1.165) is 12.2 Å². The van der Waals surface area contributed by atoms with Crippen molar-refractivity contribution in [1.29, 1.82) is 0 Å². The van der Waals surface area contributed by atoms with Gasteiger partial charge in [-0.1, -0.05) is 5.16 Å². The molecule has 2 fully saturated rings. The van der Waals surface area contributed by atoms with Crippen molar-refractivity contribution in [2.45, 2.75) is 38.1 Å². The average Bonchev–Trinajstić information content (AvgIpc) is 3.51. The summed E-state index contributed by atoms with van der Waals surface area (Å²) in [7, 11) is -3.64. The number of sulfonamides is 1. The first-order chi connectivity index (χ1) is 14.8. The van der Waals surface area contributed by atoms with Gasteiger partial charge in [-0.15, -0.1) is 0 Å². The van der Waals surface area contributed by atoms with Gasteiger partial charge < -0.3 is 9.42 Å². The van der Waals surface area contributed by atoms with Crippen LogP contribution in [0.3, 0.4) is 0 Å². The lowest BCUT2D eigenvalue weighted by Gasteiger charge is -2.35. The van der Waals surface area contributed by atoms with Crippen LogP contribution in [-0.2, 0) is 16.6 Å². The Balaban J connectivity index is 1.34. The molecule has 0 radical (unpaired) electrons. The Labute approximate surface area is 180 Å². The van der Waals surface area contributed by atoms with Crippen molar-refractivity contribution in [2.24, 2.45) is 5.92 Å². The Bertz CT molecular complexity index is 1280. The standard InChI is InChI=1S/C21H25N5O4S/c1-14-20(15(2)30-23-14)31(28,29)26-9-7-24(8-10-26)17-5-6-18-19(11-17)22-13-25(21(18)27)12-16-3-4-16/h5-6,11,13,16H,3-4,7-10,12H2,1-2H3. The Kier molecular flexibility index (Phi) is 4.86. The molecule has 1 aliphatic heterocycles. The SMILES string of the molecule is Cc1noc(C)c1S(=O)(=O)N1CCN(c2ccc3c(=O)n(CC4CC4)cnc3c2)CC1. The lowest BCUT2D eigenvalue weighted by molar-refractivity contribution is 0.378. The number of aromatic nitrogens is 3. The number of rotatable bonds is 5. The van der Waals surface area contributed by atoms with E-state index in [1.165, 1.54) is 17.1 Å². The van der Waals surface area contributed by atoms with Crippen LogP contribution in [0, 0.1) is 19.8 Å². The summed E-state index contributed by atoms with van der Waals surface area (Å²) in [5, 5.41) is 4.39.